The lowest BCUT2D eigenvalue weighted by Gasteiger charge is -2.32. The van der Waals surface area contributed by atoms with E-state index in [9.17, 15) is 4.79 Å². The average Bonchev–Trinajstić information content (AvgIpc) is 2.69. The van der Waals surface area contributed by atoms with Gasteiger partial charge in [0.05, 0.1) is 11.4 Å². The summed E-state index contributed by atoms with van der Waals surface area (Å²) in [7, 11) is 2.12. The molecule has 2 aromatic heterocycles. The summed E-state index contributed by atoms with van der Waals surface area (Å²) in [5.74, 6) is 1.11. The number of benzene rings is 1. The van der Waals surface area contributed by atoms with Gasteiger partial charge in [0.15, 0.2) is 0 Å². The lowest BCUT2D eigenvalue weighted by molar-refractivity contribution is 0.311. The largest absolute Gasteiger partial charge is 0.338 e. The van der Waals surface area contributed by atoms with Crippen molar-refractivity contribution in [2.24, 2.45) is 0 Å². The third kappa shape index (κ3) is 4.01. The molecule has 0 aliphatic carbocycles. The van der Waals surface area contributed by atoms with Gasteiger partial charge in [0.25, 0.3) is 5.56 Å². The average molecular weight is 377 g/mol. The third-order valence-electron chi connectivity index (χ3n) is 4.81. The summed E-state index contributed by atoms with van der Waals surface area (Å²) in [4.78, 5) is 33.1. The zero-order valence-corrected chi connectivity index (χ0v) is 16.0. The van der Waals surface area contributed by atoms with Crippen molar-refractivity contribution in [2.45, 2.75) is 6.92 Å². The number of aromatic amines is 1. The Balaban J connectivity index is 1.61. The quantitative estimate of drug-likeness (QED) is 0.719. The molecule has 3 aromatic rings. The number of aromatic nitrogens is 4. The fourth-order valence-corrected chi connectivity index (χ4v) is 3.18. The molecule has 1 aliphatic heterocycles. The number of piperazine rings is 1. The van der Waals surface area contributed by atoms with Crippen LogP contribution in [0.25, 0.3) is 11.3 Å². The summed E-state index contributed by atoms with van der Waals surface area (Å²) in [5, 5.41) is 3.12. The van der Waals surface area contributed by atoms with Crippen LogP contribution in [0.3, 0.4) is 0 Å². The predicted octanol–water partition coefficient (Wildman–Crippen LogP) is 2.03. The van der Waals surface area contributed by atoms with Gasteiger partial charge < -0.3 is 15.1 Å². The van der Waals surface area contributed by atoms with Crippen molar-refractivity contribution in [3.63, 3.8) is 0 Å². The van der Waals surface area contributed by atoms with Crippen LogP contribution in [-0.4, -0.2) is 58.1 Å². The summed E-state index contributed by atoms with van der Waals surface area (Å²) in [6.45, 7) is 5.72. The van der Waals surface area contributed by atoms with E-state index in [0.717, 1.165) is 49.1 Å². The maximum absolute atomic E-state index is 12.1. The molecule has 0 radical (unpaired) electrons. The maximum atomic E-state index is 12.1. The third-order valence-corrected chi connectivity index (χ3v) is 4.81. The van der Waals surface area contributed by atoms with E-state index < -0.39 is 0 Å². The zero-order valence-electron chi connectivity index (χ0n) is 16.0. The highest BCUT2D eigenvalue weighted by Gasteiger charge is 2.18. The fourth-order valence-electron chi connectivity index (χ4n) is 3.18. The first kappa shape index (κ1) is 18.1. The van der Waals surface area contributed by atoms with E-state index in [1.54, 1.807) is 6.20 Å². The number of H-pyrrole nitrogens is 1. The SMILES string of the molecule is Cc1nc(N2CCN(C)CC2)ncc1-c1cc(=O)[nH]c(Nc2ccccc2)n1. The molecule has 144 valence electrons. The Morgan fingerprint density at radius 1 is 1.07 bits per heavy atom. The monoisotopic (exact) mass is 377 g/mol. The normalized spacial score (nSPS) is 14.9. The molecule has 0 saturated carbocycles. The molecular formula is C20H23N7O. The molecule has 28 heavy (non-hydrogen) atoms. The molecule has 1 saturated heterocycles. The van der Waals surface area contributed by atoms with Crippen LogP contribution in [0.2, 0.25) is 0 Å². The van der Waals surface area contributed by atoms with E-state index in [1.807, 2.05) is 37.3 Å². The Morgan fingerprint density at radius 2 is 1.82 bits per heavy atom. The van der Waals surface area contributed by atoms with E-state index in [1.165, 1.54) is 6.07 Å². The molecule has 8 nitrogen and oxygen atoms in total. The van der Waals surface area contributed by atoms with Gasteiger partial charge in [0.2, 0.25) is 11.9 Å². The second-order valence-electron chi connectivity index (χ2n) is 6.93. The van der Waals surface area contributed by atoms with Gasteiger partial charge in [0, 0.05) is 49.7 Å². The van der Waals surface area contributed by atoms with E-state index in [2.05, 4.69) is 42.1 Å². The van der Waals surface area contributed by atoms with Crippen molar-refractivity contribution in [3.8, 4) is 11.3 Å². The molecule has 0 atom stereocenters. The van der Waals surface area contributed by atoms with Gasteiger partial charge in [-0.1, -0.05) is 18.2 Å². The Labute approximate surface area is 163 Å². The molecule has 4 rings (SSSR count). The highest BCUT2D eigenvalue weighted by Crippen LogP contribution is 2.22. The van der Waals surface area contributed by atoms with Gasteiger partial charge >= 0.3 is 0 Å². The molecule has 1 aromatic carbocycles. The van der Waals surface area contributed by atoms with Gasteiger partial charge in [0.1, 0.15) is 0 Å². The number of likely N-dealkylation sites (N-methyl/N-ethyl adjacent to an activating group) is 1. The zero-order chi connectivity index (χ0) is 19.5. The molecule has 0 unspecified atom stereocenters. The van der Waals surface area contributed by atoms with E-state index in [0.29, 0.717) is 11.6 Å². The van der Waals surface area contributed by atoms with Gasteiger partial charge in [-0.25, -0.2) is 15.0 Å². The summed E-state index contributed by atoms with van der Waals surface area (Å²) in [5.41, 5.74) is 2.71. The lowest BCUT2D eigenvalue weighted by Crippen LogP contribution is -2.45. The molecule has 3 heterocycles. The van der Waals surface area contributed by atoms with Crippen LogP contribution < -0.4 is 15.8 Å². The fraction of sp³-hybridized carbons (Fsp3) is 0.300. The Morgan fingerprint density at radius 3 is 2.54 bits per heavy atom. The Hall–Kier alpha value is -3.26. The Bertz CT molecular complexity index is 1010. The lowest BCUT2D eigenvalue weighted by atomic mass is 10.2. The van der Waals surface area contributed by atoms with Crippen LogP contribution >= 0.6 is 0 Å². The number of aryl methyl sites for hydroxylation is 1. The van der Waals surface area contributed by atoms with Crippen LogP contribution in [-0.2, 0) is 0 Å². The molecule has 1 fully saturated rings. The van der Waals surface area contributed by atoms with Gasteiger partial charge in [-0.05, 0) is 26.1 Å². The number of hydrogen-bond donors (Lipinski definition) is 2. The molecular weight excluding hydrogens is 354 g/mol. The van der Waals surface area contributed by atoms with Crippen LogP contribution in [0.5, 0.6) is 0 Å². The standard InChI is InChI=1S/C20H23N7O/c1-14-16(13-21-20(22-14)27-10-8-26(2)9-11-27)17-12-18(28)25-19(24-17)23-15-6-4-3-5-7-15/h3-7,12-13H,8-11H2,1-2H3,(H2,23,24,25,28). The highest BCUT2D eigenvalue weighted by atomic mass is 16.1. The number of nitrogens with zero attached hydrogens (tertiary/aromatic N) is 5. The first-order valence-corrected chi connectivity index (χ1v) is 9.29. The van der Waals surface area contributed by atoms with Crippen LogP contribution in [0.1, 0.15) is 5.69 Å². The summed E-state index contributed by atoms with van der Waals surface area (Å²) in [6.07, 6.45) is 1.75. The van der Waals surface area contributed by atoms with E-state index in [-0.39, 0.29) is 5.56 Å². The second kappa shape index (κ2) is 7.77. The summed E-state index contributed by atoms with van der Waals surface area (Å²) >= 11 is 0. The number of hydrogen-bond acceptors (Lipinski definition) is 7. The first-order valence-electron chi connectivity index (χ1n) is 9.29. The molecule has 0 bridgehead atoms. The number of anilines is 3. The molecule has 8 heteroatoms. The van der Waals surface area contributed by atoms with E-state index in [4.69, 9.17) is 0 Å². The van der Waals surface area contributed by atoms with Crippen molar-refractivity contribution < 1.29 is 0 Å². The molecule has 0 spiro atoms. The van der Waals surface area contributed by atoms with Crippen molar-refractivity contribution in [2.75, 3.05) is 43.4 Å². The van der Waals surface area contributed by atoms with Crippen LogP contribution in [0.15, 0.2) is 47.4 Å². The number of para-hydroxylation sites is 1. The first-order chi connectivity index (χ1) is 13.6. The van der Waals surface area contributed by atoms with Gasteiger partial charge in [-0.2, -0.15) is 0 Å². The smallest absolute Gasteiger partial charge is 0.252 e. The van der Waals surface area contributed by atoms with Crippen LogP contribution in [0.4, 0.5) is 17.6 Å². The summed E-state index contributed by atoms with van der Waals surface area (Å²) in [6, 6.07) is 11.0. The van der Waals surface area contributed by atoms with Gasteiger partial charge in [-0.3, -0.25) is 9.78 Å². The maximum Gasteiger partial charge on any atom is 0.252 e. The molecule has 1 aliphatic rings. The van der Waals surface area contributed by atoms with Crippen molar-refractivity contribution in [3.05, 3.63) is 58.6 Å². The highest BCUT2D eigenvalue weighted by molar-refractivity contribution is 5.64. The van der Waals surface area contributed by atoms with Gasteiger partial charge in [-0.15, -0.1) is 0 Å². The number of rotatable bonds is 4. The minimum atomic E-state index is -0.231. The van der Waals surface area contributed by atoms with Crippen LogP contribution in [0, 0.1) is 6.92 Å². The topological polar surface area (TPSA) is 90.0 Å². The van der Waals surface area contributed by atoms with Crippen molar-refractivity contribution in [1.29, 1.82) is 0 Å². The minimum absolute atomic E-state index is 0.231. The molecule has 2 N–H and O–H groups in total. The van der Waals surface area contributed by atoms with E-state index >= 15 is 0 Å². The van der Waals surface area contributed by atoms with Crippen molar-refractivity contribution >= 4 is 17.6 Å². The van der Waals surface area contributed by atoms with Crippen molar-refractivity contribution in [1.82, 2.24) is 24.8 Å². The second-order valence-corrected chi connectivity index (χ2v) is 6.93. The summed E-state index contributed by atoms with van der Waals surface area (Å²) < 4.78 is 0. The number of nitrogens with one attached hydrogen (secondary N) is 2. The minimum Gasteiger partial charge on any atom is -0.338 e. The molecule has 0 amide bonds. The predicted molar refractivity (Wildman–Crippen MR) is 110 cm³/mol. The Kier molecular flexibility index (Phi) is 5.03.